The van der Waals surface area contributed by atoms with Crippen LogP contribution in [0.3, 0.4) is 0 Å². The molecule has 3 nitrogen and oxygen atoms in total. The van der Waals surface area contributed by atoms with E-state index in [2.05, 4.69) is 4.72 Å². The van der Waals surface area contributed by atoms with Gasteiger partial charge in [0.25, 0.3) is 0 Å². The minimum atomic E-state index is -4.15. The van der Waals surface area contributed by atoms with Crippen molar-refractivity contribution in [2.24, 2.45) is 0 Å². The summed E-state index contributed by atoms with van der Waals surface area (Å²) in [6.07, 6.45) is 3.13. The maximum absolute atomic E-state index is 13.4. The van der Waals surface area contributed by atoms with Gasteiger partial charge in [0.1, 0.15) is 4.90 Å². The Kier molecular flexibility index (Phi) is 3.63. The van der Waals surface area contributed by atoms with E-state index in [1.807, 2.05) is 0 Å². The summed E-state index contributed by atoms with van der Waals surface area (Å²) < 4.78 is 65.1. The highest BCUT2D eigenvalue weighted by Crippen LogP contribution is 2.23. The first-order chi connectivity index (χ1) is 8.42. The Labute approximate surface area is 103 Å². The molecule has 18 heavy (non-hydrogen) atoms. The normalized spacial score (nSPS) is 17.3. The van der Waals surface area contributed by atoms with E-state index in [1.165, 1.54) is 0 Å². The molecule has 1 aromatic rings. The third kappa shape index (κ3) is 2.51. The molecular formula is C11H12F3NO2S. The van der Waals surface area contributed by atoms with Gasteiger partial charge in [-0.25, -0.2) is 26.3 Å². The summed E-state index contributed by atoms with van der Waals surface area (Å²) in [6.45, 7) is 0. The monoisotopic (exact) mass is 279 g/mol. The Morgan fingerprint density at radius 3 is 2.28 bits per heavy atom. The van der Waals surface area contributed by atoms with Crippen molar-refractivity contribution in [3.63, 3.8) is 0 Å². The molecule has 0 heterocycles. The molecule has 0 unspecified atom stereocenters. The van der Waals surface area contributed by atoms with Gasteiger partial charge in [-0.1, -0.05) is 12.8 Å². The molecule has 100 valence electrons. The first-order valence-corrected chi connectivity index (χ1v) is 7.06. The first-order valence-electron chi connectivity index (χ1n) is 5.57. The van der Waals surface area contributed by atoms with E-state index in [-0.39, 0.29) is 6.04 Å². The SMILES string of the molecule is O=S(=O)(NC1CCCC1)c1ccc(F)c(F)c1F. The summed E-state index contributed by atoms with van der Waals surface area (Å²) in [4.78, 5) is -0.853. The van der Waals surface area contributed by atoms with Crippen molar-refractivity contribution in [2.75, 3.05) is 0 Å². The number of hydrogen-bond donors (Lipinski definition) is 1. The molecule has 1 saturated carbocycles. The van der Waals surface area contributed by atoms with Gasteiger partial charge in [-0.05, 0) is 25.0 Å². The van der Waals surface area contributed by atoms with E-state index in [9.17, 15) is 21.6 Å². The van der Waals surface area contributed by atoms with E-state index in [0.717, 1.165) is 18.9 Å². The van der Waals surface area contributed by atoms with Crippen LogP contribution < -0.4 is 4.72 Å². The topological polar surface area (TPSA) is 46.2 Å². The number of rotatable bonds is 3. The summed E-state index contributed by atoms with van der Waals surface area (Å²) in [6, 6.07) is 1.06. The van der Waals surface area contributed by atoms with E-state index < -0.39 is 32.4 Å². The van der Waals surface area contributed by atoms with Crippen LogP contribution >= 0.6 is 0 Å². The zero-order chi connectivity index (χ0) is 13.3. The summed E-state index contributed by atoms with van der Waals surface area (Å²) in [5, 5.41) is 0. The molecule has 7 heteroatoms. The molecule has 0 aliphatic heterocycles. The fourth-order valence-electron chi connectivity index (χ4n) is 2.04. The molecule has 0 bridgehead atoms. The molecule has 0 radical (unpaired) electrons. The second-order valence-electron chi connectivity index (χ2n) is 4.28. The minimum Gasteiger partial charge on any atom is -0.208 e. The summed E-state index contributed by atoms with van der Waals surface area (Å²) in [5.74, 6) is -4.86. The van der Waals surface area contributed by atoms with Gasteiger partial charge >= 0.3 is 0 Å². The van der Waals surface area contributed by atoms with Crippen molar-refractivity contribution >= 4 is 10.0 Å². The largest absolute Gasteiger partial charge is 0.243 e. The molecule has 0 atom stereocenters. The highest BCUT2D eigenvalue weighted by molar-refractivity contribution is 7.89. The van der Waals surface area contributed by atoms with Gasteiger partial charge in [-0.15, -0.1) is 0 Å². The molecular weight excluding hydrogens is 267 g/mol. The Hall–Kier alpha value is -1.08. The Bertz CT molecular complexity index is 554. The van der Waals surface area contributed by atoms with Crippen molar-refractivity contribution in [1.82, 2.24) is 4.72 Å². The summed E-state index contributed by atoms with van der Waals surface area (Å²) in [5.41, 5.74) is 0. The molecule has 0 spiro atoms. The number of sulfonamides is 1. The fraction of sp³-hybridized carbons (Fsp3) is 0.455. The van der Waals surface area contributed by atoms with Crippen LogP contribution in [-0.2, 0) is 10.0 Å². The summed E-state index contributed by atoms with van der Waals surface area (Å²) in [7, 11) is -4.15. The second kappa shape index (κ2) is 4.89. The minimum absolute atomic E-state index is 0.262. The van der Waals surface area contributed by atoms with Crippen LogP contribution in [0.15, 0.2) is 17.0 Å². The maximum atomic E-state index is 13.4. The predicted molar refractivity (Wildman–Crippen MR) is 58.9 cm³/mol. The van der Waals surface area contributed by atoms with E-state index >= 15 is 0 Å². The molecule has 0 amide bonds. The van der Waals surface area contributed by atoms with Gasteiger partial charge in [0, 0.05) is 6.04 Å². The Morgan fingerprint density at radius 2 is 1.67 bits per heavy atom. The lowest BCUT2D eigenvalue weighted by Crippen LogP contribution is -2.33. The van der Waals surface area contributed by atoms with Gasteiger partial charge in [-0.2, -0.15) is 0 Å². The molecule has 0 saturated heterocycles. The van der Waals surface area contributed by atoms with Crippen LogP contribution in [0, 0.1) is 17.5 Å². The lowest BCUT2D eigenvalue weighted by molar-refractivity contribution is 0.431. The molecule has 0 aromatic heterocycles. The molecule has 1 aliphatic carbocycles. The number of halogens is 3. The summed E-state index contributed by atoms with van der Waals surface area (Å²) >= 11 is 0. The number of hydrogen-bond acceptors (Lipinski definition) is 2. The van der Waals surface area contributed by atoms with Gasteiger partial charge in [0.2, 0.25) is 10.0 Å². The average Bonchev–Trinajstić information content (AvgIpc) is 2.77. The van der Waals surface area contributed by atoms with Crippen LogP contribution in [0.5, 0.6) is 0 Å². The molecule has 2 rings (SSSR count). The van der Waals surface area contributed by atoms with E-state index in [0.29, 0.717) is 18.9 Å². The predicted octanol–water partition coefficient (Wildman–Crippen LogP) is 2.32. The Balaban J connectivity index is 2.32. The van der Waals surface area contributed by atoms with Crippen LogP contribution in [-0.4, -0.2) is 14.5 Å². The average molecular weight is 279 g/mol. The van der Waals surface area contributed by atoms with Crippen LogP contribution in [0.1, 0.15) is 25.7 Å². The van der Waals surface area contributed by atoms with Gasteiger partial charge in [0.15, 0.2) is 17.5 Å². The molecule has 1 fully saturated rings. The van der Waals surface area contributed by atoms with Gasteiger partial charge in [-0.3, -0.25) is 0 Å². The second-order valence-corrected chi connectivity index (χ2v) is 5.96. The van der Waals surface area contributed by atoms with Crippen LogP contribution in [0.4, 0.5) is 13.2 Å². The van der Waals surface area contributed by atoms with Crippen molar-refractivity contribution in [3.8, 4) is 0 Å². The van der Waals surface area contributed by atoms with Crippen LogP contribution in [0.25, 0.3) is 0 Å². The fourth-order valence-corrected chi connectivity index (χ4v) is 3.42. The molecule has 1 aromatic carbocycles. The zero-order valence-corrected chi connectivity index (χ0v) is 10.2. The maximum Gasteiger partial charge on any atom is 0.243 e. The standard InChI is InChI=1S/C11H12F3NO2S/c12-8-5-6-9(11(14)10(8)13)18(16,17)15-7-3-1-2-4-7/h5-7,15H,1-4H2. The number of benzene rings is 1. The smallest absolute Gasteiger partial charge is 0.208 e. The van der Waals surface area contributed by atoms with Gasteiger partial charge in [0.05, 0.1) is 0 Å². The quantitative estimate of drug-likeness (QED) is 0.863. The van der Waals surface area contributed by atoms with E-state index in [4.69, 9.17) is 0 Å². The van der Waals surface area contributed by atoms with Crippen molar-refractivity contribution in [3.05, 3.63) is 29.6 Å². The van der Waals surface area contributed by atoms with E-state index in [1.54, 1.807) is 0 Å². The molecule has 1 N–H and O–H groups in total. The third-order valence-corrected chi connectivity index (χ3v) is 4.50. The lowest BCUT2D eigenvalue weighted by Gasteiger charge is -2.13. The van der Waals surface area contributed by atoms with Crippen LogP contribution in [0.2, 0.25) is 0 Å². The lowest BCUT2D eigenvalue weighted by atomic mass is 10.3. The third-order valence-electron chi connectivity index (χ3n) is 2.97. The molecule has 1 aliphatic rings. The van der Waals surface area contributed by atoms with Crippen molar-refractivity contribution in [1.29, 1.82) is 0 Å². The van der Waals surface area contributed by atoms with Crippen molar-refractivity contribution < 1.29 is 21.6 Å². The Morgan fingerprint density at radius 1 is 1.06 bits per heavy atom. The highest BCUT2D eigenvalue weighted by atomic mass is 32.2. The first kappa shape index (κ1) is 13.4. The highest BCUT2D eigenvalue weighted by Gasteiger charge is 2.27. The van der Waals surface area contributed by atoms with Crippen molar-refractivity contribution in [2.45, 2.75) is 36.6 Å². The number of nitrogens with one attached hydrogen (secondary N) is 1. The zero-order valence-electron chi connectivity index (χ0n) is 9.42. The van der Waals surface area contributed by atoms with Gasteiger partial charge < -0.3 is 0 Å².